The average Bonchev–Trinajstić information content (AvgIpc) is 3.11. The van der Waals surface area contributed by atoms with Crippen LogP contribution in [0, 0.1) is 0 Å². The van der Waals surface area contributed by atoms with Crippen molar-refractivity contribution in [1.29, 1.82) is 0 Å². The number of rotatable bonds is 2. The van der Waals surface area contributed by atoms with Crippen LogP contribution in [0.3, 0.4) is 0 Å². The number of carbonyl (C=O) groups is 1. The van der Waals surface area contributed by atoms with Crippen LogP contribution in [0.4, 0.5) is 4.79 Å². The molecule has 2 fully saturated rings. The molecular formula is C17H33N3O4. The van der Waals surface area contributed by atoms with Gasteiger partial charge in [0.25, 0.3) is 0 Å². The quantitative estimate of drug-likeness (QED) is 0.769. The second-order valence-electron chi connectivity index (χ2n) is 8.38. The summed E-state index contributed by atoms with van der Waals surface area (Å²) < 4.78 is 17.1. The molecule has 1 amide bonds. The van der Waals surface area contributed by atoms with Crippen LogP contribution in [0.5, 0.6) is 0 Å². The van der Waals surface area contributed by atoms with Gasteiger partial charge in [0, 0.05) is 39.3 Å². The minimum absolute atomic E-state index is 0.0235. The van der Waals surface area contributed by atoms with Crippen LogP contribution in [-0.4, -0.2) is 78.9 Å². The van der Waals surface area contributed by atoms with Crippen LogP contribution in [0.2, 0.25) is 0 Å². The first-order chi connectivity index (χ1) is 11.1. The zero-order chi connectivity index (χ0) is 18.0. The Morgan fingerprint density at radius 2 is 1.67 bits per heavy atom. The van der Waals surface area contributed by atoms with Crippen molar-refractivity contribution in [3.05, 3.63) is 0 Å². The molecule has 0 saturated carbocycles. The minimum atomic E-state index is -0.478. The normalized spacial score (nSPS) is 27.2. The molecule has 2 aliphatic rings. The molecule has 0 aromatic carbocycles. The highest BCUT2D eigenvalue weighted by Gasteiger charge is 2.46. The van der Waals surface area contributed by atoms with Gasteiger partial charge in [0.05, 0.1) is 5.60 Å². The molecule has 2 atom stereocenters. The molecule has 7 heteroatoms. The lowest BCUT2D eigenvalue weighted by Crippen LogP contribution is -2.43. The van der Waals surface area contributed by atoms with Crippen molar-refractivity contribution in [1.82, 2.24) is 15.1 Å². The van der Waals surface area contributed by atoms with E-state index in [1.807, 2.05) is 41.5 Å². The molecule has 2 rings (SSSR count). The summed E-state index contributed by atoms with van der Waals surface area (Å²) in [6.07, 6.45) is -0.462. The van der Waals surface area contributed by atoms with Crippen LogP contribution in [-0.2, 0) is 14.2 Å². The van der Waals surface area contributed by atoms with Crippen LogP contribution < -0.4 is 5.32 Å². The van der Waals surface area contributed by atoms with Gasteiger partial charge >= 0.3 is 6.09 Å². The number of carbonyl (C=O) groups excluding carboxylic acids is 1. The molecule has 0 bridgehead atoms. The highest BCUT2D eigenvalue weighted by Crippen LogP contribution is 2.30. The Kier molecular flexibility index (Phi) is 6.12. The maximum atomic E-state index is 12.3. The lowest BCUT2D eigenvalue weighted by Gasteiger charge is -2.28. The van der Waals surface area contributed by atoms with E-state index in [1.165, 1.54) is 0 Å². The van der Waals surface area contributed by atoms with Crippen molar-refractivity contribution < 1.29 is 19.0 Å². The maximum Gasteiger partial charge on any atom is 0.410 e. The number of epoxide rings is 1. The summed E-state index contributed by atoms with van der Waals surface area (Å²) in [5, 5.41) is 3.36. The van der Waals surface area contributed by atoms with E-state index in [1.54, 1.807) is 4.90 Å². The van der Waals surface area contributed by atoms with Gasteiger partial charge in [0.1, 0.15) is 5.60 Å². The summed E-state index contributed by atoms with van der Waals surface area (Å²) >= 11 is 0. The second-order valence-corrected chi connectivity index (χ2v) is 8.38. The number of hydrogen-bond donors (Lipinski definition) is 1. The van der Waals surface area contributed by atoms with E-state index in [0.29, 0.717) is 13.1 Å². The minimum Gasteiger partial charge on any atom is -0.444 e. The molecule has 2 unspecified atom stereocenters. The van der Waals surface area contributed by atoms with Gasteiger partial charge in [0.2, 0.25) is 0 Å². The number of amides is 1. The van der Waals surface area contributed by atoms with E-state index in [9.17, 15) is 4.79 Å². The van der Waals surface area contributed by atoms with Crippen LogP contribution in [0.25, 0.3) is 0 Å². The first kappa shape index (κ1) is 19.4. The SMILES string of the molecule is CC(C)(C)OC(=O)N1CCNCCN(C2OC2OC(C)(C)C)CC1. The third-order valence-electron chi connectivity index (χ3n) is 3.70. The van der Waals surface area contributed by atoms with E-state index in [2.05, 4.69) is 10.2 Å². The van der Waals surface area contributed by atoms with Gasteiger partial charge in [-0.1, -0.05) is 0 Å². The molecule has 0 aliphatic carbocycles. The van der Waals surface area contributed by atoms with Gasteiger partial charge in [0.15, 0.2) is 12.5 Å². The fourth-order valence-electron chi connectivity index (χ4n) is 2.58. The highest BCUT2D eigenvalue weighted by molar-refractivity contribution is 5.68. The van der Waals surface area contributed by atoms with E-state index >= 15 is 0 Å². The Hall–Kier alpha value is -0.890. The van der Waals surface area contributed by atoms with E-state index in [0.717, 1.165) is 26.2 Å². The Morgan fingerprint density at radius 1 is 1.00 bits per heavy atom. The van der Waals surface area contributed by atoms with Crippen molar-refractivity contribution in [2.24, 2.45) is 0 Å². The molecule has 7 nitrogen and oxygen atoms in total. The molecule has 0 aromatic heterocycles. The van der Waals surface area contributed by atoms with Gasteiger partial charge in [-0.05, 0) is 41.5 Å². The fraction of sp³-hybridized carbons (Fsp3) is 0.941. The number of nitrogens with zero attached hydrogens (tertiary/aromatic N) is 2. The highest BCUT2D eigenvalue weighted by atomic mass is 16.8. The largest absolute Gasteiger partial charge is 0.444 e. The van der Waals surface area contributed by atoms with E-state index in [-0.39, 0.29) is 24.2 Å². The van der Waals surface area contributed by atoms with Crippen LogP contribution in [0.1, 0.15) is 41.5 Å². The van der Waals surface area contributed by atoms with Crippen molar-refractivity contribution in [3.63, 3.8) is 0 Å². The number of nitrogens with one attached hydrogen (secondary N) is 1. The topological polar surface area (TPSA) is 66.6 Å². The van der Waals surface area contributed by atoms with Crippen molar-refractivity contribution in [2.75, 3.05) is 39.3 Å². The Balaban J connectivity index is 1.89. The predicted molar refractivity (Wildman–Crippen MR) is 91.7 cm³/mol. The number of ether oxygens (including phenoxy) is 3. The second kappa shape index (κ2) is 7.56. The third kappa shape index (κ3) is 6.55. The molecule has 0 radical (unpaired) electrons. The van der Waals surface area contributed by atoms with E-state index < -0.39 is 5.60 Å². The predicted octanol–water partition coefficient (Wildman–Crippen LogP) is 1.63. The standard InChI is InChI=1S/C17H33N3O4/c1-16(2,3)23-14-13(22-14)19-9-7-18-8-10-20(12-11-19)15(21)24-17(4,5)6/h13-14,18H,7-12H2,1-6H3. The van der Waals surface area contributed by atoms with E-state index in [4.69, 9.17) is 14.2 Å². The molecule has 1 N–H and O–H groups in total. The van der Waals surface area contributed by atoms with Crippen molar-refractivity contribution in [2.45, 2.75) is 65.3 Å². The molecule has 2 aliphatic heterocycles. The first-order valence-electron chi connectivity index (χ1n) is 8.81. The lowest BCUT2D eigenvalue weighted by atomic mass is 10.2. The molecule has 0 spiro atoms. The first-order valence-corrected chi connectivity index (χ1v) is 8.81. The van der Waals surface area contributed by atoms with Gasteiger partial charge in [-0.15, -0.1) is 0 Å². The van der Waals surface area contributed by atoms with Crippen LogP contribution in [0.15, 0.2) is 0 Å². The van der Waals surface area contributed by atoms with Crippen molar-refractivity contribution in [3.8, 4) is 0 Å². The maximum absolute atomic E-state index is 12.3. The van der Waals surface area contributed by atoms with Crippen molar-refractivity contribution >= 4 is 6.09 Å². The fourth-order valence-corrected chi connectivity index (χ4v) is 2.58. The lowest BCUT2D eigenvalue weighted by molar-refractivity contribution is -0.0577. The molecule has 140 valence electrons. The molecule has 2 saturated heterocycles. The summed E-state index contributed by atoms with van der Waals surface area (Å²) in [5.74, 6) is 0. The summed E-state index contributed by atoms with van der Waals surface area (Å²) in [4.78, 5) is 16.3. The van der Waals surface area contributed by atoms with Gasteiger partial charge in [-0.3, -0.25) is 4.90 Å². The molecular weight excluding hydrogens is 310 g/mol. The zero-order valence-electron chi connectivity index (χ0n) is 15.9. The average molecular weight is 343 g/mol. The smallest absolute Gasteiger partial charge is 0.410 e. The Morgan fingerprint density at radius 3 is 2.29 bits per heavy atom. The third-order valence-corrected chi connectivity index (χ3v) is 3.70. The van der Waals surface area contributed by atoms with Gasteiger partial charge < -0.3 is 24.4 Å². The summed E-state index contributed by atoms with van der Waals surface area (Å²) in [6, 6.07) is 0. The Labute approximate surface area is 145 Å². The molecule has 0 aromatic rings. The number of hydrogen-bond acceptors (Lipinski definition) is 6. The molecule has 2 heterocycles. The monoisotopic (exact) mass is 343 g/mol. The Bertz CT molecular complexity index is 431. The summed E-state index contributed by atoms with van der Waals surface area (Å²) in [7, 11) is 0. The molecule has 24 heavy (non-hydrogen) atoms. The van der Waals surface area contributed by atoms with Gasteiger partial charge in [-0.25, -0.2) is 4.79 Å². The van der Waals surface area contributed by atoms with Crippen LogP contribution >= 0.6 is 0 Å². The summed E-state index contributed by atoms with van der Waals surface area (Å²) in [6.45, 7) is 16.3. The summed E-state index contributed by atoms with van der Waals surface area (Å²) in [5.41, 5.74) is -0.701. The van der Waals surface area contributed by atoms with Gasteiger partial charge in [-0.2, -0.15) is 0 Å². The zero-order valence-corrected chi connectivity index (χ0v) is 15.9.